The summed E-state index contributed by atoms with van der Waals surface area (Å²) in [4.78, 5) is 3.85. The van der Waals surface area contributed by atoms with Gasteiger partial charge in [0.1, 0.15) is 0 Å². The summed E-state index contributed by atoms with van der Waals surface area (Å²) in [5.41, 5.74) is 0.758. The molecule has 2 rings (SSSR count). The van der Waals surface area contributed by atoms with Crippen LogP contribution in [0.2, 0.25) is 0 Å². The molecule has 1 unspecified atom stereocenters. The molecule has 1 fully saturated rings. The van der Waals surface area contributed by atoms with Gasteiger partial charge in [-0.05, 0) is 30.7 Å². The van der Waals surface area contributed by atoms with Crippen LogP contribution in [0.15, 0.2) is 24.5 Å². The molecule has 96 valence electrons. The summed E-state index contributed by atoms with van der Waals surface area (Å²) in [6.45, 7) is 1.60. The number of nitrogens with one attached hydrogen (secondary N) is 2. The van der Waals surface area contributed by atoms with Gasteiger partial charge in [0.15, 0.2) is 0 Å². The second-order valence-electron chi connectivity index (χ2n) is 3.92. The van der Waals surface area contributed by atoms with Crippen molar-refractivity contribution >= 4 is 22.4 Å². The second kappa shape index (κ2) is 6.30. The van der Waals surface area contributed by atoms with E-state index in [0.717, 1.165) is 25.1 Å². The summed E-state index contributed by atoms with van der Waals surface area (Å²) in [7, 11) is -3.24. The van der Waals surface area contributed by atoms with E-state index in [1.807, 2.05) is 0 Å². The van der Waals surface area contributed by atoms with Crippen molar-refractivity contribution in [2.45, 2.75) is 18.2 Å². The number of rotatable bonds is 4. The monoisotopic (exact) mass is 277 g/mol. The zero-order valence-corrected chi connectivity index (χ0v) is 10.9. The van der Waals surface area contributed by atoms with Crippen LogP contribution in [0.4, 0.5) is 0 Å². The third kappa shape index (κ3) is 4.59. The third-order valence-electron chi connectivity index (χ3n) is 2.51. The normalized spacial score (nSPS) is 19.9. The zero-order valence-electron chi connectivity index (χ0n) is 9.30. The maximum Gasteiger partial charge on any atom is 0.216 e. The minimum Gasteiger partial charge on any atom is -0.315 e. The maximum absolute atomic E-state index is 11.8. The van der Waals surface area contributed by atoms with Crippen molar-refractivity contribution in [2.24, 2.45) is 0 Å². The molecule has 0 saturated carbocycles. The summed E-state index contributed by atoms with van der Waals surface area (Å²) < 4.78 is 26.3. The van der Waals surface area contributed by atoms with Gasteiger partial charge in [-0.2, -0.15) is 0 Å². The van der Waals surface area contributed by atoms with Gasteiger partial charge in [-0.15, -0.1) is 12.4 Å². The highest BCUT2D eigenvalue weighted by molar-refractivity contribution is 7.88. The maximum atomic E-state index is 11.8. The highest BCUT2D eigenvalue weighted by atomic mass is 35.5. The van der Waals surface area contributed by atoms with E-state index in [1.165, 1.54) is 0 Å². The van der Waals surface area contributed by atoms with Crippen molar-refractivity contribution in [1.29, 1.82) is 0 Å². The molecule has 5 nitrogen and oxygen atoms in total. The van der Waals surface area contributed by atoms with E-state index in [2.05, 4.69) is 15.0 Å². The smallest absolute Gasteiger partial charge is 0.216 e. The van der Waals surface area contributed by atoms with Gasteiger partial charge in [0.05, 0.1) is 5.75 Å². The van der Waals surface area contributed by atoms with Crippen LogP contribution < -0.4 is 10.0 Å². The second-order valence-corrected chi connectivity index (χ2v) is 5.68. The molecule has 0 amide bonds. The van der Waals surface area contributed by atoms with Crippen molar-refractivity contribution in [3.05, 3.63) is 30.1 Å². The van der Waals surface area contributed by atoms with E-state index < -0.39 is 10.0 Å². The molecule has 7 heteroatoms. The molecule has 1 aliphatic heterocycles. The van der Waals surface area contributed by atoms with Crippen molar-refractivity contribution in [3.8, 4) is 0 Å². The molecule has 0 bridgehead atoms. The molecule has 1 aliphatic rings. The first-order chi connectivity index (χ1) is 7.66. The Hall–Kier alpha value is -0.690. The van der Waals surface area contributed by atoms with Crippen LogP contribution in [0.1, 0.15) is 12.0 Å². The van der Waals surface area contributed by atoms with Crippen LogP contribution in [-0.4, -0.2) is 32.5 Å². The standard InChI is InChI=1S/C10H15N3O2S.ClH/c14-16(15,13-10-3-6-12-7-10)8-9-1-4-11-5-2-9;/h1-2,4-5,10,12-13H,3,6-8H2;1H. The minimum atomic E-state index is -3.24. The van der Waals surface area contributed by atoms with E-state index in [9.17, 15) is 8.42 Å². The largest absolute Gasteiger partial charge is 0.315 e. The van der Waals surface area contributed by atoms with E-state index in [0.29, 0.717) is 0 Å². The van der Waals surface area contributed by atoms with Crippen LogP contribution >= 0.6 is 12.4 Å². The lowest BCUT2D eigenvalue weighted by Gasteiger charge is -2.11. The SMILES string of the molecule is Cl.O=S(=O)(Cc1ccncc1)NC1CCNC1. The van der Waals surface area contributed by atoms with Crippen LogP contribution in [0.25, 0.3) is 0 Å². The number of halogens is 1. The molecule has 0 spiro atoms. The van der Waals surface area contributed by atoms with Gasteiger partial charge in [0, 0.05) is 25.0 Å². The predicted molar refractivity (Wildman–Crippen MR) is 68.5 cm³/mol. The average molecular weight is 278 g/mol. The summed E-state index contributed by atoms with van der Waals surface area (Å²) in [6.07, 6.45) is 4.06. The van der Waals surface area contributed by atoms with Gasteiger partial charge in [-0.1, -0.05) is 0 Å². The van der Waals surface area contributed by atoms with Gasteiger partial charge in [-0.25, -0.2) is 13.1 Å². The van der Waals surface area contributed by atoms with Crippen LogP contribution in [-0.2, 0) is 15.8 Å². The lowest BCUT2D eigenvalue weighted by molar-refractivity contribution is 0.559. The van der Waals surface area contributed by atoms with Gasteiger partial charge in [0.2, 0.25) is 10.0 Å². The Kier molecular flexibility index (Phi) is 5.32. The Morgan fingerprint density at radius 2 is 2.12 bits per heavy atom. The number of pyridine rings is 1. The Morgan fingerprint density at radius 1 is 1.41 bits per heavy atom. The lowest BCUT2D eigenvalue weighted by atomic mass is 10.3. The quantitative estimate of drug-likeness (QED) is 0.830. The van der Waals surface area contributed by atoms with Gasteiger partial charge >= 0.3 is 0 Å². The summed E-state index contributed by atoms with van der Waals surface area (Å²) in [5.74, 6) is 0.0199. The molecule has 0 aliphatic carbocycles. The van der Waals surface area contributed by atoms with Crippen molar-refractivity contribution < 1.29 is 8.42 Å². The fraction of sp³-hybridized carbons (Fsp3) is 0.500. The molecule has 0 aromatic carbocycles. The highest BCUT2D eigenvalue weighted by Crippen LogP contribution is 2.06. The number of hydrogen-bond donors (Lipinski definition) is 2. The predicted octanol–water partition coefficient (Wildman–Crippen LogP) is 0.285. The molecular weight excluding hydrogens is 262 g/mol. The van der Waals surface area contributed by atoms with Crippen molar-refractivity contribution in [1.82, 2.24) is 15.0 Å². The van der Waals surface area contributed by atoms with Crippen molar-refractivity contribution in [2.75, 3.05) is 13.1 Å². The Balaban J connectivity index is 0.00000144. The lowest BCUT2D eigenvalue weighted by Crippen LogP contribution is -2.36. The first-order valence-corrected chi connectivity index (χ1v) is 6.90. The summed E-state index contributed by atoms with van der Waals surface area (Å²) >= 11 is 0. The topological polar surface area (TPSA) is 71.1 Å². The zero-order chi connectivity index (χ0) is 11.4. The Morgan fingerprint density at radius 3 is 2.71 bits per heavy atom. The number of aromatic nitrogens is 1. The molecule has 1 aromatic rings. The van der Waals surface area contributed by atoms with Crippen molar-refractivity contribution in [3.63, 3.8) is 0 Å². The molecular formula is C10H16ClN3O2S. The van der Waals surface area contributed by atoms with E-state index in [-0.39, 0.29) is 24.2 Å². The molecule has 2 heterocycles. The van der Waals surface area contributed by atoms with Gasteiger partial charge in [0.25, 0.3) is 0 Å². The molecule has 0 radical (unpaired) electrons. The summed E-state index contributed by atoms with van der Waals surface area (Å²) in [5, 5.41) is 3.12. The number of nitrogens with zero attached hydrogens (tertiary/aromatic N) is 1. The van der Waals surface area contributed by atoms with E-state index in [1.54, 1.807) is 24.5 Å². The van der Waals surface area contributed by atoms with Crippen LogP contribution in [0.3, 0.4) is 0 Å². The highest BCUT2D eigenvalue weighted by Gasteiger charge is 2.21. The molecule has 2 N–H and O–H groups in total. The minimum absolute atomic E-state index is 0. The molecule has 1 atom stereocenters. The number of hydrogen-bond acceptors (Lipinski definition) is 4. The Labute approximate surface area is 107 Å². The van der Waals surface area contributed by atoms with Crippen LogP contribution in [0.5, 0.6) is 0 Å². The average Bonchev–Trinajstić information content (AvgIpc) is 2.70. The third-order valence-corrected chi connectivity index (χ3v) is 3.92. The molecule has 1 aromatic heterocycles. The fourth-order valence-electron chi connectivity index (χ4n) is 1.75. The van der Waals surface area contributed by atoms with E-state index in [4.69, 9.17) is 0 Å². The fourth-order valence-corrected chi connectivity index (χ4v) is 3.17. The first kappa shape index (κ1) is 14.4. The molecule has 17 heavy (non-hydrogen) atoms. The van der Waals surface area contributed by atoms with Crippen LogP contribution in [0, 0.1) is 0 Å². The first-order valence-electron chi connectivity index (χ1n) is 5.25. The van der Waals surface area contributed by atoms with Gasteiger partial charge < -0.3 is 5.32 Å². The van der Waals surface area contributed by atoms with E-state index >= 15 is 0 Å². The Bertz CT molecular complexity index is 432. The van der Waals surface area contributed by atoms with Gasteiger partial charge in [-0.3, -0.25) is 4.98 Å². The number of sulfonamides is 1. The molecule has 1 saturated heterocycles. The summed E-state index contributed by atoms with van der Waals surface area (Å²) in [6, 6.07) is 3.46.